The number of ether oxygens (including phenoxy) is 1. The van der Waals surface area contributed by atoms with Crippen molar-refractivity contribution in [3.05, 3.63) is 53.8 Å². The van der Waals surface area contributed by atoms with Crippen LogP contribution in [0.1, 0.15) is 11.6 Å². The van der Waals surface area contributed by atoms with Crippen molar-refractivity contribution >= 4 is 17.3 Å². The van der Waals surface area contributed by atoms with Crippen molar-refractivity contribution in [2.75, 3.05) is 17.7 Å². The van der Waals surface area contributed by atoms with Crippen LogP contribution in [0.25, 0.3) is 0 Å². The van der Waals surface area contributed by atoms with E-state index in [1.807, 2.05) is 0 Å². The summed E-state index contributed by atoms with van der Waals surface area (Å²) in [6.45, 7) is 0. The van der Waals surface area contributed by atoms with Crippen molar-refractivity contribution in [3.8, 4) is 5.75 Å². The number of carbonyl (C=O) groups is 1. The van der Waals surface area contributed by atoms with Crippen LogP contribution in [-0.4, -0.2) is 13.0 Å². The smallest absolute Gasteiger partial charge is 0.251 e. The zero-order valence-electron chi connectivity index (χ0n) is 10.8. The minimum atomic E-state index is -0.546. The summed E-state index contributed by atoms with van der Waals surface area (Å²) < 4.78 is 18.3. The summed E-state index contributed by atoms with van der Waals surface area (Å²) in [5, 5.41) is 5.81. The molecule has 1 atom stereocenters. The van der Waals surface area contributed by atoms with Gasteiger partial charge in [-0.25, -0.2) is 4.39 Å². The number of fused-ring (bicyclic) bond motifs is 1. The fraction of sp³-hybridized carbons (Fsp3) is 0.133. The zero-order valence-corrected chi connectivity index (χ0v) is 10.8. The molecule has 0 aromatic heterocycles. The number of carbonyl (C=O) groups excluding carboxylic acids is 1. The van der Waals surface area contributed by atoms with Crippen LogP contribution in [0.3, 0.4) is 0 Å². The molecule has 3 rings (SSSR count). The Morgan fingerprint density at radius 3 is 2.55 bits per heavy atom. The molecule has 2 N–H and O–H groups in total. The third-order valence-corrected chi connectivity index (χ3v) is 3.25. The second-order valence-corrected chi connectivity index (χ2v) is 4.53. The van der Waals surface area contributed by atoms with Crippen LogP contribution in [0, 0.1) is 5.82 Å². The standard InChI is InChI=1S/C15H13FN2O2/c1-20-11-5-2-9(3-6-11)14-15(19)18-12-7-4-10(16)8-13(12)17-14/h2-8,14,17H,1H3,(H,18,19). The van der Waals surface area contributed by atoms with Gasteiger partial charge in [0.2, 0.25) is 0 Å². The Morgan fingerprint density at radius 1 is 1.10 bits per heavy atom. The van der Waals surface area contributed by atoms with E-state index in [1.165, 1.54) is 12.1 Å². The molecule has 102 valence electrons. The molecule has 1 heterocycles. The van der Waals surface area contributed by atoms with E-state index >= 15 is 0 Å². The van der Waals surface area contributed by atoms with Crippen molar-refractivity contribution in [2.45, 2.75) is 6.04 Å². The van der Waals surface area contributed by atoms with Crippen LogP contribution in [0.15, 0.2) is 42.5 Å². The Hall–Kier alpha value is -2.56. The van der Waals surface area contributed by atoms with Crippen LogP contribution < -0.4 is 15.4 Å². The lowest BCUT2D eigenvalue weighted by Crippen LogP contribution is -2.31. The topological polar surface area (TPSA) is 50.4 Å². The van der Waals surface area contributed by atoms with Gasteiger partial charge in [-0.1, -0.05) is 12.1 Å². The number of rotatable bonds is 2. The van der Waals surface area contributed by atoms with Gasteiger partial charge in [0.05, 0.1) is 18.5 Å². The molecule has 0 saturated heterocycles. The van der Waals surface area contributed by atoms with Gasteiger partial charge in [0.25, 0.3) is 5.91 Å². The van der Waals surface area contributed by atoms with E-state index in [0.717, 1.165) is 11.3 Å². The molecule has 0 aliphatic carbocycles. The first-order valence-electron chi connectivity index (χ1n) is 6.18. The predicted octanol–water partition coefficient (Wildman–Crippen LogP) is 2.94. The highest BCUT2D eigenvalue weighted by Gasteiger charge is 2.27. The summed E-state index contributed by atoms with van der Waals surface area (Å²) in [5.41, 5.74) is 1.95. The van der Waals surface area contributed by atoms with Gasteiger partial charge in [-0.2, -0.15) is 0 Å². The van der Waals surface area contributed by atoms with Gasteiger partial charge in [-0.15, -0.1) is 0 Å². The average Bonchev–Trinajstić information content (AvgIpc) is 2.47. The highest BCUT2D eigenvalue weighted by Crippen LogP contribution is 2.33. The number of methoxy groups -OCH3 is 1. The highest BCUT2D eigenvalue weighted by molar-refractivity contribution is 6.03. The molecule has 1 aliphatic rings. The van der Waals surface area contributed by atoms with E-state index in [2.05, 4.69) is 10.6 Å². The summed E-state index contributed by atoms with van der Waals surface area (Å²) in [7, 11) is 1.58. The molecule has 0 bridgehead atoms. The normalized spacial score (nSPS) is 16.9. The Kier molecular flexibility index (Phi) is 3.02. The fourth-order valence-corrected chi connectivity index (χ4v) is 2.20. The van der Waals surface area contributed by atoms with Crippen LogP contribution in [0.2, 0.25) is 0 Å². The summed E-state index contributed by atoms with van der Waals surface area (Å²) in [6.07, 6.45) is 0. The summed E-state index contributed by atoms with van der Waals surface area (Å²) >= 11 is 0. The van der Waals surface area contributed by atoms with Gasteiger partial charge in [0.15, 0.2) is 0 Å². The molecule has 4 nitrogen and oxygen atoms in total. The third-order valence-electron chi connectivity index (χ3n) is 3.25. The molecule has 1 amide bonds. The maximum atomic E-state index is 13.3. The number of benzene rings is 2. The Labute approximate surface area is 115 Å². The van der Waals surface area contributed by atoms with Gasteiger partial charge >= 0.3 is 0 Å². The second-order valence-electron chi connectivity index (χ2n) is 4.53. The quantitative estimate of drug-likeness (QED) is 0.883. The first kappa shape index (κ1) is 12.5. The maximum Gasteiger partial charge on any atom is 0.251 e. The molecule has 5 heteroatoms. The van der Waals surface area contributed by atoms with E-state index < -0.39 is 6.04 Å². The van der Waals surface area contributed by atoms with Crippen molar-refractivity contribution < 1.29 is 13.9 Å². The number of halogens is 1. The maximum absolute atomic E-state index is 13.3. The Balaban J connectivity index is 1.92. The lowest BCUT2D eigenvalue weighted by atomic mass is 10.0. The Morgan fingerprint density at radius 2 is 1.85 bits per heavy atom. The molecule has 2 aromatic rings. The van der Waals surface area contributed by atoms with Crippen LogP contribution in [-0.2, 0) is 4.79 Å². The molecular weight excluding hydrogens is 259 g/mol. The van der Waals surface area contributed by atoms with E-state index in [-0.39, 0.29) is 11.7 Å². The van der Waals surface area contributed by atoms with Crippen molar-refractivity contribution in [2.24, 2.45) is 0 Å². The average molecular weight is 272 g/mol. The van der Waals surface area contributed by atoms with Crippen molar-refractivity contribution in [3.63, 3.8) is 0 Å². The van der Waals surface area contributed by atoms with Gasteiger partial charge < -0.3 is 15.4 Å². The largest absolute Gasteiger partial charge is 0.497 e. The zero-order chi connectivity index (χ0) is 14.1. The monoisotopic (exact) mass is 272 g/mol. The van der Waals surface area contributed by atoms with Gasteiger partial charge in [0, 0.05) is 0 Å². The van der Waals surface area contributed by atoms with Crippen molar-refractivity contribution in [1.82, 2.24) is 0 Å². The summed E-state index contributed by atoms with van der Waals surface area (Å²) in [6, 6.07) is 10.9. The predicted molar refractivity (Wildman–Crippen MR) is 74.4 cm³/mol. The van der Waals surface area contributed by atoms with E-state index in [1.54, 1.807) is 37.4 Å². The lowest BCUT2D eigenvalue weighted by Gasteiger charge is -2.27. The highest BCUT2D eigenvalue weighted by atomic mass is 19.1. The van der Waals surface area contributed by atoms with Crippen molar-refractivity contribution in [1.29, 1.82) is 0 Å². The number of hydrogen-bond donors (Lipinski definition) is 2. The number of nitrogens with one attached hydrogen (secondary N) is 2. The molecule has 0 spiro atoms. The molecular formula is C15H13FN2O2. The summed E-state index contributed by atoms with van der Waals surface area (Å²) in [4.78, 5) is 12.1. The minimum Gasteiger partial charge on any atom is -0.497 e. The number of hydrogen-bond acceptors (Lipinski definition) is 3. The Bertz CT molecular complexity index is 655. The molecule has 1 aliphatic heterocycles. The van der Waals surface area contributed by atoms with Gasteiger partial charge in [0.1, 0.15) is 17.6 Å². The van der Waals surface area contributed by atoms with Crippen LogP contribution in [0.4, 0.5) is 15.8 Å². The lowest BCUT2D eigenvalue weighted by molar-refractivity contribution is -0.117. The van der Waals surface area contributed by atoms with E-state index in [0.29, 0.717) is 11.4 Å². The van der Waals surface area contributed by atoms with Gasteiger partial charge in [-0.05, 0) is 35.9 Å². The van der Waals surface area contributed by atoms with E-state index in [4.69, 9.17) is 4.74 Å². The fourth-order valence-electron chi connectivity index (χ4n) is 2.20. The summed E-state index contributed by atoms with van der Waals surface area (Å²) in [5.74, 6) is 0.201. The first-order chi connectivity index (χ1) is 9.67. The molecule has 1 unspecified atom stereocenters. The SMILES string of the molecule is COc1ccc(C2Nc3cc(F)ccc3NC2=O)cc1. The second kappa shape index (κ2) is 4.85. The molecule has 0 saturated carbocycles. The first-order valence-corrected chi connectivity index (χ1v) is 6.18. The molecule has 0 radical (unpaired) electrons. The molecule has 20 heavy (non-hydrogen) atoms. The van der Waals surface area contributed by atoms with E-state index in [9.17, 15) is 9.18 Å². The number of anilines is 2. The third kappa shape index (κ3) is 2.18. The molecule has 2 aromatic carbocycles. The minimum absolute atomic E-state index is 0.172. The van der Waals surface area contributed by atoms with Crippen LogP contribution in [0.5, 0.6) is 5.75 Å². The van der Waals surface area contributed by atoms with Gasteiger partial charge in [-0.3, -0.25) is 4.79 Å². The van der Waals surface area contributed by atoms with Crippen LogP contribution >= 0.6 is 0 Å². The number of amides is 1. The molecule has 0 fully saturated rings.